The van der Waals surface area contributed by atoms with Crippen LogP contribution in [0.15, 0.2) is 28.9 Å². The lowest BCUT2D eigenvalue weighted by molar-refractivity contribution is 0.130. The van der Waals surface area contributed by atoms with Crippen molar-refractivity contribution >= 4 is 15.9 Å². The van der Waals surface area contributed by atoms with Crippen LogP contribution in [0.25, 0.3) is 5.69 Å². The van der Waals surface area contributed by atoms with E-state index in [-0.39, 0.29) is 5.75 Å². The molecule has 0 fully saturated rings. The highest BCUT2D eigenvalue weighted by Crippen LogP contribution is 2.29. The zero-order valence-corrected chi connectivity index (χ0v) is 9.94. The number of nitrogens with zero attached hydrogens (tertiary/aromatic N) is 2. The first-order chi connectivity index (χ1) is 7.75. The number of aromatic hydroxyl groups is 1. The highest BCUT2D eigenvalue weighted by Gasteiger charge is 2.22. The molecular weight excluding hydrogens is 272 g/mol. The molecule has 0 spiro atoms. The van der Waals surface area contributed by atoms with Gasteiger partial charge in [-0.1, -0.05) is 6.07 Å². The molecule has 0 unspecified atom stereocenters. The van der Waals surface area contributed by atoms with Gasteiger partial charge in [-0.2, -0.15) is 5.10 Å². The summed E-state index contributed by atoms with van der Waals surface area (Å²) in [5.74, 6) is 0.233. The van der Waals surface area contributed by atoms with Crippen LogP contribution in [0.1, 0.15) is 11.3 Å². The van der Waals surface area contributed by atoms with E-state index in [1.165, 1.54) is 0 Å². The van der Waals surface area contributed by atoms with Gasteiger partial charge in [0.05, 0.1) is 24.6 Å². The topological polar surface area (TPSA) is 47.3 Å². The molecule has 0 saturated carbocycles. The first-order valence-corrected chi connectivity index (χ1v) is 5.68. The minimum absolute atomic E-state index is 0.233. The molecule has 0 atom stereocenters. The molecule has 1 aliphatic heterocycles. The number of phenols is 1. The molecule has 1 N–H and O–H groups in total. The van der Waals surface area contributed by atoms with E-state index in [0.717, 1.165) is 21.5 Å². The van der Waals surface area contributed by atoms with Crippen molar-refractivity contribution in [2.45, 2.75) is 13.2 Å². The smallest absolute Gasteiger partial charge is 0.134 e. The molecule has 3 rings (SSSR count). The molecule has 1 aliphatic rings. The van der Waals surface area contributed by atoms with Crippen molar-refractivity contribution in [1.29, 1.82) is 0 Å². The van der Waals surface area contributed by atoms with E-state index in [1.54, 1.807) is 22.9 Å². The van der Waals surface area contributed by atoms with Gasteiger partial charge in [-0.05, 0) is 28.1 Å². The van der Waals surface area contributed by atoms with Crippen molar-refractivity contribution < 1.29 is 9.84 Å². The Hall–Kier alpha value is -1.33. The van der Waals surface area contributed by atoms with E-state index < -0.39 is 0 Å². The summed E-state index contributed by atoms with van der Waals surface area (Å²) in [4.78, 5) is 0. The second kappa shape index (κ2) is 3.61. The fourth-order valence-corrected chi connectivity index (χ4v) is 2.34. The number of ether oxygens (including phenoxy) is 1. The van der Waals surface area contributed by atoms with Crippen molar-refractivity contribution in [3.05, 3.63) is 40.1 Å². The third kappa shape index (κ3) is 1.44. The largest absolute Gasteiger partial charge is 0.508 e. The molecule has 0 radical (unpaired) electrons. The second-order valence-electron chi connectivity index (χ2n) is 3.64. The number of aromatic nitrogens is 2. The molecule has 2 aromatic rings. The molecule has 2 heterocycles. The summed E-state index contributed by atoms with van der Waals surface area (Å²) in [5, 5.41) is 13.8. The Bertz CT molecular complexity index is 551. The summed E-state index contributed by atoms with van der Waals surface area (Å²) in [7, 11) is 0. The normalized spacial score (nSPS) is 14.1. The predicted octanol–water partition coefficient (Wildman–Crippen LogP) is 2.37. The number of hydrogen-bond donors (Lipinski definition) is 1. The summed E-state index contributed by atoms with van der Waals surface area (Å²) < 4.78 is 7.98. The molecule has 16 heavy (non-hydrogen) atoms. The fourth-order valence-electron chi connectivity index (χ4n) is 1.83. The second-order valence-corrected chi connectivity index (χ2v) is 4.39. The van der Waals surface area contributed by atoms with Gasteiger partial charge in [-0.3, -0.25) is 0 Å². The van der Waals surface area contributed by atoms with Crippen molar-refractivity contribution in [1.82, 2.24) is 9.78 Å². The monoisotopic (exact) mass is 280 g/mol. The van der Waals surface area contributed by atoms with Crippen LogP contribution in [-0.4, -0.2) is 14.9 Å². The summed E-state index contributed by atoms with van der Waals surface area (Å²) in [5.41, 5.74) is 2.97. The average molecular weight is 281 g/mol. The Morgan fingerprint density at radius 2 is 2.25 bits per heavy atom. The Balaban J connectivity index is 2.17. The average Bonchev–Trinajstić information content (AvgIpc) is 2.83. The van der Waals surface area contributed by atoms with Gasteiger partial charge in [0.2, 0.25) is 0 Å². The number of fused-ring (bicyclic) bond motifs is 1. The maximum atomic E-state index is 9.45. The van der Waals surface area contributed by atoms with Crippen LogP contribution in [-0.2, 0) is 18.0 Å². The van der Waals surface area contributed by atoms with Gasteiger partial charge in [0.25, 0.3) is 0 Å². The van der Waals surface area contributed by atoms with Crippen LogP contribution in [0.4, 0.5) is 0 Å². The zero-order chi connectivity index (χ0) is 11.1. The van der Waals surface area contributed by atoms with E-state index in [9.17, 15) is 5.11 Å². The molecule has 0 aliphatic carbocycles. The van der Waals surface area contributed by atoms with E-state index in [1.807, 2.05) is 6.07 Å². The number of halogens is 1. The quantitative estimate of drug-likeness (QED) is 0.873. The maximum Gasteiger partial charge on any atom is 0.134 e. The minimum Gasteiger partial charge on any atom is -0.508 e. The van der Waals surface area contributed by atoms with Crippen molar-refractivity contribution in [3.63, 3.8) is 0 Å². The zero-order valence-electron chi connectivity index (χ0n) is 8.35. The third-order valence-corrected chi connectivity index (χ3v) is 3.24. The van der Waals surface area contributed by atoms with Crippen LogP contribution in [0.2, 0.25) is 0 Å². The fraction of sp³-hybridized carbons (Fsp3) is 0.182. The Kier molecular flexibility index (Phi) is 2.22. The van der Waals surface area contributed by atoms with Crippen molar-refractivity contribution in [2.75, 3.05) is 0 Å². The molecule has 0 saturated heterocycles. The van der Waals surface area contributed by atoms with Crippen molar-refractivity contribution in [3.8, 4) is 11.4 Å². The highest BCUT2D eigenvalue weighted by molar-refractivity contribution is 9.10. The van der Waals surface area contributed by atoms with E-state index in [0.29, 0.717) is 13.2 Å². The van der Waals surface area contributed by atoms with Gasteiger partial charge in [-0.15, -0.1) is 0 Å². The Morgan fingerprint density at radius 1 is 1.38 bits per heavy atom. The van der Waals surface area contributed by atoms with Gasteiger partial charge in [0, 0.05) is 11.6 Å². The Morgan fingerprint density at radius 3 is 3.06 bits per heavy atom. The minimum atomic E-state index is 0.233. The Labute approximate surface area is 101 Å². The molecular formula is C11H9BrN2O2. The van der Waals surface area contributed by atoms with E-state index >= 15 is 0 Å². The summed E-state index contributed by atoms with van der Waals surface area (Å²) in [6.07, 6.45) is 0. The molecule has 0 amide bonds. The summed E-state index contributed by atoms with van der Waals surface area (Å²) in [6, 6.07) is 7.01. The first-order valence-electron chi connectivity index (χ1n) is 4.89. The van der Waals surface area contributed by atoms with Gasteiger partial charge in [0.1, 0.15) is 10.4 Å². The molecule has 1 aromatic carbocycles. The molecule has 5 heteroatoms. The SMILES string of the molecule is Oc1cccc(-n2nc(Br)c3c2COC3)c1. The van der Waals surface area contributed by atoms with Crippen LogP contribution < -0.4 is 0 Å². The van der Waals surface area contributed by atoms with Crippen LogP contribution >= 0.6 is 15.9 Å². The lowest BCUT2D eigenvalue weighted by Gasteiger charge is -2.05. The van der Waals surface area contributed by atoms with Gasteiger partial charge >= 0.3 is 0 Å². The summed E-state index contributed by atoms with van der Waals surface area (Å²) in [6.45, 7) is 1.15. The highest BCUT2D eigenvalue weighted by atomic mass is 79.9. The van der Waals surface area contributed by atoms with E-state index in [4.69, 9.17) is 4.74 Å². The first kappa shape index (κ1) is 9.86. The van der Waals surface area contributed by atoms with Crippen LogP contribution in [0.3, 0.4) is 0 Å². The van der Waals surface area contributed by atoms with Crippen LogP contribution in [0.5, 0.6) is 5.75 Å². The molecule has 0 bridgehead atoms. The standard InChI is InChI=1S/C11H9BrN2O2/c12-11-9-5-16-6-10(9)14(13-11)7-2-1-3-8(15)4-7/h1-4,15H,5-6H2. The molecule has 1 aromatic heterocycles. The summed E-state index contributed by atoms with van der Waals surface area (Å²) >= 11 is 3.41. The number of rotatable bonds is 1. The lowest BCUT2D eigenvalue weighted by atomic mass is 10.2. The predicted molar refractivity (Wildman–Crippen MR) is 61.4 cm³/mol. The number of hydrogen-bond acceptors (Lipinski definition) is 3. The van der Waals surface area contributed by atoms with Crippen molar-refractivity contribution in [2.24, 2.45) is 0 Å². The number of phenolic OH excluding ortho intramolecular Hbond substituents is 1. The third-order valence-electron chi connectivity index (χ3n) is 2.60. The maximum absolute atomic E-state index is 9.45. The van der Waals surface area contributed by atoms with Gasteiger partial charge in [-0.25, -0.2) is 4.68 Å². The van der Waals surface area contributed by atoms with E-state index in [2.05, 4.69) is 21.0 Å². The van der Waals surface area contributed by atoms with Gasteiger partial charge in [0.15, 0.2) is 0 Å². The van der Waals surface area contributed by atoms with Crippen LogP contribution in [0, 0.1) is 0 Å². The van der Waals surface area contributed by atoms with Gasteiger partial charge < -0.3 is 9.84 Å². The molecule has 4 nitrogen and oxygen atoms in total. The number of benzene rings is 1. The molecule has 82 valence electrons. The lowest BCUT2D eigenvalue weighted by Crippen LogP contribution is -2.01.